The van der Waals surface area contributed by atoms with Crippen molar-refractivity contribution in [3.05, 3.63) is 78.0 Å². The Bertz CT molecular complexity index is 1100. The Labute approximate surface area is 180 Å². The van der Waals surface area contributed by atoms with Crippen LogP contribution in [0.3, 0.4) is 0 Å². The Morgan fingerprint density at radius 1 is 1.13 bits per heavy atom. The van der Waals surface area contributed by atoms with Gasteiger partial charge in [0.1, 0.15) is 11.8 Å². The van der Waals surface area contributed by atoms with E-state index in [0.717, 1.165) is 22.5 Å². The summed E-state index contributed by atoms with van der Waals surface area (Å²) >= 11 is 0. The molecule has 1 aliphatic rings. The number of likely N-dealkylation sites (tertiary alicyclic amines) is 1. The molecule has 1 aliphatic heterocycles. The van der Waals surface area contributed by atoms with Gasteiger partial charge in [-0.1, -0.05) is 36.4 Å². The van der Waals surface area contributed by atoms with Crippen LogP contribution in [-0.2, 0) is 17.8 Å². The van der Waals surface area contributed by atoms with Gasteiger partial charge in [0.2, 0.25) is 5.91 Å². The number of aromatic nitrogens is 1. The fourth-order valence-electron chi connectivity index (χ4n) is 3.63. The number of nitrogens with one attached hydrogen (secondary N) is 1. The molecule has 1 aromatic heterocycles. The van der Waals surface area contributed by atoms with E-state index in [1.807, 2.05) is 36.4 Å². The van der Waals surface area contributed by atoms with Crippen LogP contribution in [0.1, 0.15) is 16.9 Å². The first-order chi connectivity index (χ1) is 15.1. The average Bonchev–Trinajstić information content (AvgIpc) is 3.29. The van der Waals surface area contributed by atoms with Crippen molar-refractivity contribution in [3.63, 3.8) is 0 Å². The molecule has 4 rings (SSSR count). The van der Waals surface area contributed by atoms with Gasteiger partial charge in [0.25, 0.3) is 0 Å². The summed E-state index contributed by atoms with van der Waals surface area (Å²) in [5, 5.41) is 21.3. The molecule has 1 atom stereocenters. The minimum atomic E-state index is -0.573. The van der Waals surface area contributed by atoms with E-state index in [2.05, 4.69) is 27.3 Å². The Morgan fingerprint density at radius 2 is 1.81 bits per heavy atom. The topological polar surface area (TPSA) is 106 Å². The van der Waals surface area contributed by atoms with Crippen molar-refractivity contribution < 1.29 is 9.21 Å². The first-order valence-corrected chi connectivity index (χ1v) is 10.0. The van der Waals surface area contributed by atoms with Gasteiger partial charge in [-0.2, -0.15) is 10.5 Å². The molecular weight excluding hydrogens is 390 g/mol. The normalized spacial score (nSPS) is 14.8. The molecule has 154 valence electrons. The standard InChI is InChI=1S/C24H21N5O2/c25-10-18-3-7-20(8-4-18)19-5-1-17(2-6-19)9-22(11-26)28-24(30)21-13-29(14-21)15-23-12-27-16-31-23/h1-8,12,16,21-22H,9,13-15H2,(H,28,30). The van der Waals surface area contributed by atoms with Crippen molar-refractivity contribution in [2.75, 3.05) is 13.1 Å². The number of rotatable bonds is 7. The Kier molecular flexibility index (Phi) is 6.07. The molecule has 31 heavy (non-hydrogen) atoms. The molecule has 0 aliphatic carbocycles. The minimum absolute atomic E-state index is 0.0884. The molecule has 2 heterocycles. The Morgan fingerprint density at radius 3 is 2.39 bits per heavy atom. The van der Waals surface area contributed by atoms with E-state index in [4.69, 9.17) is 9.68 Å². The zero-order chi connectivity index (χ0) is 21.6. The van der Waals surface area contributed by atoms with Gasteiger partial charge in [-0.15, -0.1) is 0 Å². The maximum absolute atomic E-state index is 12.5. The number of amides is 1. The highest BCUT2D eigenvalue weighted by molar-refractivity contribution is 5.80. The molecular formula is C24H21N5O2. The summed E-state index contributed by atoms with van der Waals surface area (Å²) in [6.07, 6.45) is 3.52. The summed E-state index contributed by atoms with van der Waals surface area (Å²) < 4.78 is 5.22. The van der Waals surface area contributed by atoms with E-state index in [0.29, 0.717) is 31.6 Å². The van der Waals surface area contributed by atoms with Crippen LogP contribution in [0.15, 0.2) is 65.5 Å². The average molecular weight is 411 g/mol. The lowest BCUT2D eigenvalue weighted by molar-refractivity contribution is -0.131. The predicted molar refractivity (Wildman–Crippen MR) is 113 cm³/mol. The van der Waals surface area contributed by atoms with Gasteiger partial charge < -0.3 is 9.73 Å². The third-order valence-electron chi connectivity index (χ3n) is 5.40. The SMILES string of the molecule is N#Cc1ccc(-c2ccc(CC(C#N)NC(=O)C3CN(Cc4cnco4)C3)cc2)cc1. The summed E-state index contributed by atoms with van der Waals surface area (Å²) in [6, 6.07) is 19.0. The Hall–Kier alpha value is -3.94. The summed E-state index contributed by atoms with van der Waals surface area (Å²) in [7, 11) is 0. The van der Waals surface area contributed by atoms with Crippen LogP contribution in [-0.4, -0.2) is 34.9 Å². The van der Waals surface area contributed by atoms with E-state index in [9.17, 15) is 10.1 Å². The number of nitriles is 2. The number of benzene rings is 2. The fourth-order valence-corrected chi connectivity index (χ4v) is 3.63. The van der Waals surface area contributed by atoms with E-state index < -0.39 is 6.04 Å². The van der Waals surface area contributed by atoms with Crippen LogP contribution in [0.5, 0.6) is 0 Å². The van der Waals surface area contributed by atoms with E-state index in [1.54, 1.807) is 18.3 Å². The third-order valence-corrected chi connectivity index (χ3v) is 5.40. The Balaban J connectivity index is 1.28. The zero-order valence-electron chi connectivity index (χ0n) is 16.9. The third kappa shape index (κ3) is 4.98. The van der Waals surface area contributed by atoms with Gasteiger partial charge in [-0.05, 0) is 28.8 Å². The maximum Gasteiger partial charge on any atom is 0.226 e. The van der Waals surface area contributed by atoms with Crippen LogP contribution in [0, 0.1) is 28.6 Å². The molecule has 1 amide bonds. The number of hydrogen-bond donors (Lipinski definition) is 1. The number of carbonyl (C=O) groups excluding carboxylic acids is 1. The zero-order valence-corrected chi connectivity index (χ0v) is 16.9. The molecule has 1 N–H and O–H groups in total. The first kappa shape index (κ1) is 20.3. The van der Waals surface area contributed by atoms with Gasteiger partial charge in [0, 0.05) is 19.5 Å². The molecule has 1 saturated heterocycles. The van der Waals surface area contributed by atoms with Gasteiger partial charge in [-0.25, -0.2) is 4.98 Å². The molecule has 0 bridgehead atoms. The monoisotopic (exact) mass is 411 g/mol. The van der Waals surface area contributed by atoms with Crippen molar-refractivity contribution in [1.29, 1.82) is 10.5 Å². The van der Waals surface area contributed by atoms with Crippen molar-refractivity contribution in [3.8, 4) is 23.3 Å². The second kappa shape index (κ2) is 9.25. The predicted octanol–water partition coefficient (Wildman–Crippen LogP) is 2.90. The van der Waals surface area contributed by atoms with Gasteiger partial charge >= 0.3 is 0 Å². The first-order valence-electron chi connectivity index (χ1n) is 10.0. The number of nitrogens with zero attached hydrogens (tertiary/aromatic N) is 4. The van der Waals surface area contributed by atoms with Gasteiger partial charge in [0.05, 0.1) is 36.4 Å². The van der Waals surface area contributed by atoms with Crippen LogP contribution < -0.4 is 5.32 Å². The summed E-state index contributed by atoms with van der Waals surface area (Å²) in [4.78, 5) is 18.5. The maximum atomic E-state index is 12.5. The molecule has 1 fully saturated rings. The van der Waals surface area contributed by atoms with Crippen molar-refractivity contribution in [2.45, 2.75) is 19.0 Å². The van der Waals surface area contributed by atoms with Crippen molar-refractivity contribution in [2.24, 2.45) is 5.92 Å². The highest BCUT2D eigenvalue weighted by Crippen LogP contribution is 2.21. The largest absolute Gasteiger partial charge is 0.447 e. The summed E-state index contributed by atoms with van der Waals surface area (Å²) in [5.41, 5.74) is 3.66. The highest BCUT2D eigenvalue weighted by atomic mass is 16.3. The molecule has 1 unspecified atom stereocenters. The molecule has 0 spiro atoms. The number of oxazole rings is 1. The van der Waals surface area contributed by atoms with Crippen molar-refractivity contribution >= 4 is 5.91 Å². The van der Waals surface area contributed by atoms with Gasteiger partial charge in [0.15, 0.2) is 6.39 Å². The van der Waals surface area contributed by atoms with Crippen molar-refractivity contribution in [1.82, 2.24) is 15.2 Å². The second-order valence-electron chi connectivity index (χ2n) is 7.64. The lowest BCUT2D eigenvalue weighted by atomic mass is 9.97. The molecule has 0 radical (unpaired) electrons. The smallest absolute Gasteiger partial charge is 0.226 e. The summed E-state index contributed by atoms with van der Waals surface area (Å²) in [5.74, 6) is 0.574. The summed E-state index contributed by atoms with van der Waals surface area (Å²) in [6.45, 7) is 1.92. The number of carbonyl (C=O) groups is 1. The fraction of sp³-hybridized carbons (Fsp3) is 0.250. The van der Waals surface area contributed by atoms with Crippen LogP contribution >= 0.6 is 0 Å². The van der Waals surface area contributed by atoms with Crippen LogP contribution in [0.25, 0.3) is 11.1 Å². The van der Waals surface area contributed by atoms with E-state index in [-0.39, 0.29) is 11.8 Å². The molecule has 7 heteroatoms. The van der Waals surface area contributed by atoms with E-state index in [1.165, 1.54) is 6.39 Å². The van der Waals surface area contributed by atoms with Crippen LogP contribution in [0.4, 0.5) is 0 Å². The molecule has 7 nitrogen and oxygen atoms in total. The highest BCUT2D eigenvalue weighted by Gasteiger charge is 2.33. The van der Waals surface area contributed by atoms with Gasteiger partial charge in [-0.3, -0.25) is 9.69 Å². The number of hydrogen-bond acceptors (Lipinski definition) is 6. The van der Waals surface area contributed by atoms with Crippen LogP contribution in [0.2, 0.25) is 0 Å². The molecule has 2 aromatic carbocycles. The lowest BCUT2D eigenvalue weighted by Crippen LogP contribution is -2.54. The minimum Gasteiger partial charge on any atom is -0.447 e. The second-order valence-corrected chi connectivity index (χ2v) is 7.64. The van der Waals surface area contributed by atoms with E-state index >= 15 is 0 Å². The quantitative estimate of drug-likeness (QED) is 0.641. The molecule has 0 saturated carbocycles. The lowest BCUT2D eigenvalue weighted by Gasteiger charge is -2.37. The molecule has 3 aromatic rings.